The van der Waals surface area contributed by atoms with Gasteiger partial charge >= 0.3 is 0 Å². The number of nitrogens with one attached hydrogen (secondary N) is 1. The highest BCUT2D eigenvalue weighted by molar-refractivity contribution is 7.14. The van der Waals surface area contributed by atoms with Crippen LogP contribution in [0.15, 0.2) is 35.8 Å². The normalized spacial score (nSPS) is 10.7. The highest BCUT2D eigenvalue weighted by atomic mass is 35.5. The van der Waals surface area contributed by atoms with Crippen LogP contribution in [0.1, 0.15) is 16.1 Å². The van der Waals surface area contributed by atoms with Gasteiger partial charge in [0, 0.05) is 34.8 Å². The number of carbonyl (C=O) groups excluding carboxylic acids is 1. The van der Waals surface area contributed by atoms with Crippen molar-refractivity contribution in [2.75, 3.05) is 5.32 Å². The van der Waals surface area contributed by atoms with Crippen molar-refractivity contribution in [1.29, 1.82) is 0 Å². The van der Waals surface area contributed by atoms with Crippen LogP contribution < -0.4 is 5.32 Å². The molecule has 3 rings (SSSR count). The Balaban J connectivity index is 1.78. The predicted octanol–water partition coefficient (Wildman–Crippen LogP) is 3.76. The Morgan fingerprint density at radius 3 is 2.68 bits per heavy atom. The van der Waals surface area contributed by atoms with E-state index in [1.165, 1.54) is 11.3 Å². The molecule has 0 fully saturated rings. The molecule has 0 saturated heterocycles. The van der Waals surface area contributed by atoms with Gasteiger partial charge in [-0.15, -0.1) is 11.3 Å². The monoisotopic (exact) mass is 332 g/mol. The molecule has 0 bridgehead atoms. The number of anilines is 1. The van der Waals surface area contributed by atoms with Crippen LogP contribution in [-0.4, -0.2) is 20.7 Å². The van der Waals surface area contributed by atoms with E-state index in [1.807, 2.05) is 36.6 Å². The molecule has 1 N–H and O–H groups in total. The van der Waals surface area contributed by atoms with Crippen molar-refractivity contribution < 1.29 is 4.79 Å². The first kappa shape index (κ1) is 14.7. The van der Waals surface area contributed by atoms with E-state index in [4.69, 9.17) is 11.6 Å². The van der Waals surface area contributed by atoms with Gasteiger partial charge in [0.05, 0.1) is 5.69 Å². The second-order valence-electron chi connectivity index (χ2n) is 4.83. The van der Waals surface area contributed by atoms with Crippen LogP contribution >= 0.6 is 22.9 Å². The maximum Gasteiger partial charge on any atom is 0.278 e. The molecule has 0 spiro atoms. The van der Waals surface area contributed by atoms with Crippen LogP contribution in [0.5, 0.6) is 0 Å². The van der Waals surface area contributed by atoms with Crippen LogP contribution in [0, 0.1) is 6.92 Å². The van der Waals surface area contributed by atoms with E-state index < -0.39 is 0 Å². The number of carbonyl (C=O) groups is 1. The topological polar surface area (TPSA) is 59.8 Å². The zero-order valence-corrected chi connectivity index (χ0v) is 13.6. The minimum absolute atomic E-state index is 0.255. The summed E-state index contributed by atoms with van der Waals surface area (Å²) in [6.45, 7) is 1.85. The molecule has 22 heavy (non-hydrogen) atoms. The molecular weight excluding hydrogens is 320 g/mol. The second kappa shape index (κ2) is 5.90. The Hall–Kier alpha value is -2.18. The molecular formula is C15H13ClN4OS. The lowest BCUT2D eigenvalue weighted by molar-refractivity contribution is 0.102. The van der Waals surface area contributed by atoms with E-state index in [1.54, 1.807) is 17.9 Å². The van der Waals surface area contributed by atoms with Crippen molar-refractivity contribution in [3.05, 3.63) is 52.1 Å². The number of hydrogen-bond donors (Lipinski definition) is 1. The first-order valence-corrected chi connectivity index (χ1v) is 7.82. The summed E-state index contributed by atoms with van der Waals surface area (Å²) >= 11 is 7.25. The first-order valence-electron chi connectivity index (χ1n) is 6.56. The lowest BCUT2D eigenvalue weighted by Crippen LogP contribution is -2.14. The Morgan fingerprint density at radius 2 is 2.05 bits per heavy atom. The van der Waals surface area contributed by atoms with Crippen LogP contribution in [0.25, 0.3) is 11.3 Å². The third-order valence-corrected chi connectivity index (χ3v) is 4.10. The predicted molar refractivity (Wildman–Crippen MR) is 88.5 cm³/mol. The Morgan fingerprint density at radius 1 is 1.32 bits per heavy atom. The fourth-order valence-corrected chi connectivity index (χ4v) is 2.91. The standard InChI is InChI=1S/C15H13ClN4OS/c1-9-7-20(2)19-13(9)14(21)18-15-17-12(8-22-15)10-3-5-11(16)6-4-10/h3-8H,1-2H3,(H,17,18,21). The maximum absolute atomic E-state index is 12.2. The van der Waals surface area contributed by atoms with Crippen molar-refractivity contribution in [3.8, 4) is 11.3 Å². The molecule has 0 aliphatic heterocycles. The number of nitrogens with zero attached hydrogens (tertiary/aromatic N) is 3. The van der Waals surface area contributed by atoms with Crippen LogP contribution in [0.3, 0.4) is 0 Å². The van der Waals surface area contributed by atoms with E-state index in [0.717, 1.165) is 16.8 Å². The van der Waals surface area contributed by atoms with Gasteiger partial charge in [-0.05, 0) is 19.1 Å². The van der Waals surface area contributed by atoms with E-state index >= 15 is 0 Å². The average Bonchev–Trinajstić information content (AvgIpc) is 3.06. The quantitative estimate of drug-likeness (QED) is 0.794. The maximum atomic E-state index is 12.2. The Labute approximate surface area is 136 Å². The lowest BCUT2D eigenvalue weighted by Gasteiger charge is -1.99. The molecule has 0 atom stereocenters. The number of benzene rings is 1. The lowest BCUT2D eigenvalue weighted by atomic mass is 10.2. The SMILES string of the molecule is Cc1cn(C)nc1C(=O)Nc1nc(-c2ccc(Cl)cc2)cs1. The number of rotatable bonds is 3. The van der Waals surface area contributed by atoms with E-state index in [2.05, 4.69) is 15.4 Å². The van der Waals surface area contributed by atoms with E-state index in [9.17, 15) is 4.79 Å². The molecule has 0 aliphatic rings. The third kappa shape index (κ3) is 3.03. The summed E-state index contributed by atoms with van der Waals surface area (Å²) in [6.07, 6.45) is 1.80. The molecule has 2 heterocycles. The number of halogens is 1. The minimum Gasteiger partial charge on any atom is -0.296 e. The first-order chi connectivity index (χ1) is 10.5. The van der Waals surface area contributed by atoms with Crippen molar-refractivity contribution in [1.82, 2.24) is 14.8 Å². The average molecular weight is 333 g/mol. The molecule has 7 heteroatoms. The van der Waals surface area contributed by atoms with Crippen molar-refractivity contribution in [2.24, 2.45) is 7.05 Å². The molecule has 3 aromatic rings. The fraction of sp³-hybridized carbons (Fsp3) is 0.133. The zero-order chi connectivity index (χ0) is 15.7. The highest BCUT2D eigenvalue weighted by Gasteiger charge is 2.15. The molecule has 1 amide bonds. The molecule has 112 valence electrons. The van der Waals surface area contributed by atoms with Gasteiger partial charge < -0.3 is 0 Å². The van der Waals surface area contributed by atoms with Gasteiger partial charge in [0.2, 0.25) is 0 Å². The second-order valence-corrected chi connectivity index (χ2v) is 6.13. The van der Waals surface area contributed by atoms with Gasteiger partial charge in [0.1, 0.15) is 0 Å². The summed E-state index contributed by atoms with van der Waals surface area (Å²) in [5.74, 6) is -0.255. The van der Waals surface area contributed by atoms with Gasteiger partial charge in [0.25, 0.3) is 5.91 Å². The van der Waals surface area contributed by atoms with Crippen LogP contribution in [0.2, 0.25) is 5.02 Å². The fourth-order valence-electron chi connectivity index (χ4n) is 2.07. The van der Waals surface area contributed by atoms with E-state index in [-0.39, 0.29) is 5.91 Å². The number of aromatic nitrogens is 3. The van der Waals surface area contributed by atoms with Gasteiger partial charge in [-0.3, -0.25) is 14.8 Å². The molecule has 0 radical (unpaired) electrons. The molecule has 0 saturated carbocycles. The van der Waals surface area contributed by atoms with Crippen molar-refractivity contribution >= 4 is 34.0 Å². The summed E-state index contributed by atoms with van der Waals surface area (Å²) in [6, 6.07) is 7.41. The van der Waals surface area contributed by atoms with Crippen molar-refractivity contribution in [2.45, 2.75) is 6.92 Å². The van der Waals surface area contributed by atoms with E-state index in [0.29, 0.717) is 15.8 Å². The molecule has 0 unspecified atom stereocenters. The number of amides is 1. The molecule has 1 aromatic carbocycles. The van der Waals surface area contributed by atoms with Crippen molar-refractivity contribution in [3.63, 3.8) is 0 Å². The number of aryl methyl sites for hydroxylation is 2. The summed E-state index contributed by atoms with van der Waals surface area (Å²) in [5.41, 5.74) is 2.99. The summed E-state index contributed by atoms with van der Waals surface area (Å²) in [4.78, 5) is 16.6. The summed E-state index contributed by atoms with van der Waals surface area (Å²) < 4.78 is 1.62. The van der Waals surface area contributed by atoms with Gasteiger partial charge in [-0.1, -0.05) is 23.7 Å². The largest absolute Gasteiger partial charge is 0.296 e. The minimum atomic E-state index is -0.255. The smallest absolute Gasteiger partial charge is 0.278 e. The molecule has 0 aliphatic carbocycles. The van der Waals surface area contributed by atoms with Gasteiger partial charge in [0.15, 0.2) is 10.8 Å². The van der Waals surface area contributed by atoms with Crippen LogP contribution in [0.4, 0.5) is 5.13 Å². The van der Waals surface area contributed by atoms with Gasteiger partial charge in [-0.2, -0.15) is 5.10 Å². The summed E-state index contributed by atoms with van der Waals surface area (Å²) in [7, 11) is 1.78. The Bertz CT molecular complexity index is 822. The third-order valence-electron chi connectivity index (χ3n) is 3.09. The Kier molecular flexibility index (Phi) is 3.96. The zero-order valence-electron chi connectivity index (χ0n) is 12.0. The van der Waals surface area contributed by atoms with Gasteiger partial charge in [-0.25, -0.2) is 4.98 Å². The molecule has 5 nitrogen and oxygen atoms in total. The summed E-state index contributed by atoms with van der Waals surface area (Å²) in [5, 5.41) is 10.0. The molecule has 2 aromatic heterocycles. The number of thiazole rings is 1. The van der Waals surface area contributed by atoms with Crippen LogP contribution in [-0.2, 0) is 7.05 Å². The number of hydrogen-bond acceptors (Lipinski definition) is 4. The highest BCUT2D eigenvalue weighted by Crippen LogP contribution is 2.26.